The Bertz CT molecular complexity index is 552. The summed E-state index contributed by atoms with van der Waals surface area (Å²) in [5, 5.41) is 0.188. The highest BCUT2D eigenvalue weighted by Gasteiger charge is 2.36. The highest BCUT2D eigenvalue weighted by Crippen LogP contribution is 2.36. The van der Waals surface area contributed by atoms with E-state index in [1.54, 1.807) is 0 Å². The standard InChI is InChI=1S/C19H32O4Si/c1-15-9-12-18(23-15)14-17(21)11-10-16(20)8-7-13-22-24(5,6)19(2,3)4/h9,12H,7-8,10-11,13-14H2,1-6H3. The molecule has 1 aromatic heterocycles. The van der Waals surface area contributed by atoms with Gasteiger partial charge in [-0.3, -0.25) is 9.59 Å². The van der Waals surface area contributed by atoms with Crippen LogP contribution >= 0.6 is 0 Å². The first-order chi connectivity index (χ1) is 11.0. The molecule has 0 bridgehead atoms. The second-order valence-electron chi connectivity index (χ2n) is 7.98. The Labute approximate surface area is 147 Å². The predicted molar refractivity (Wildman–Crippen MR) is 98.8 cm³/mol. The van der Waals surface area contributed by atoms with Gasteiger partial charge in [0, 0.05) is 25.9 Å². The van der Waals surface area contributed by atoms with Crippen molar-refractivity contribution in [2.75, 3.05) is 6.61 Å². The van der Waals surface area contributed by atoms with Crippen LogP contribution in [0.3, 0.4) is 0 Å². The minimum Gasteiger partial charge on any atom is -0.466 e. The van der Waals surface area contributed by atoms with Gasteiger partial charge in [-0.1, -0.05) is 20.8 Å². The van der Waals surface area contributed by atoms with Crippen molar-refractivity contribution in [2.24, 2.45) is 0 Å². The van der Waals surface area contributed by atoms with Crippen molar-refractivity contribution in [3.05, 3.63) is 23.7 Å². The maximum Gasteiger partial charge on any atom is 0.191 e. The molecular weight excluding hydrogens is 320 g/mol. The number of Topliss-reactive ketones (excluding diaryl/α,β-unsaturated/α-hetero) is 2. The van der Waals surface area contributed by atoms with Gasteiger partial charge in [0.15, 0.2) is 8.32 Å². The number of ketones is 2. The lowest BCUT2D eigenvalue weighted by Crippen LogP contribution is -2.41. The molecule has 0 aliphatic heterocycles. The molecule has 0 aromatic carbocycles. The Hall–Kier alpha value is -1.20. The van der Waals surface area contributed by atoms with E-state index in [4.69, 9.17) is 8.84 Å². The van der Waals surface area contributed by atoms with E-state index in [0.29, 0.717) is 31.6 Å². The van der Waals surface area contributed by atoms with E-state index >= 15 is 0 Å². The molecule has 24 heavy (non-hydrogen) atoms. The van der Waals surface area contributed by atoms with Crippen molar-refractivity contribution in [1.29, 1.82) is 0 Å². The summed E-state index contributed by atoms with van der Waals surface area (Å²) in [6.07, 6.45) is 2.11. The van der Waals surface area contributed by atoms with Gasteiger partial charge in [-0.25, -0.2) is 0 Å². The second kappa shape index (κ2) is 8.76. The fraction of sp³-hybridized carbons (Fsp3) is 0.684. The van der Waals surface area contributed by atoms with Gasteiger partial charge < -0.3 is 8.84 Å². The summed E-state index contributed by atoms with van der Waals surface area (Å²) in [7, 11) is -1.73. The normalized spacial score (nSPS) is 12.4. The molecule has 1 aromatic rings. The molecule has 0 radical (unpaired) electrons. The molecule has 0 N–H and O–H groups in total. The number of furan rings is 1. The van der Waals surface area contributed by atoms with Gasteiger partial charge in [0.2, 0.25) is 0 Å². The quantitative estimate of drug-likeness (QED) is 0.446. The monoisotopic (exact) mass is 352 g/mol. The van der Waals surface area contributed by atoms with Gasteiger partial charge in [-0.05, 0) is 43.6 Å². The van der Waals surface area contributed by atoms with Crippen LogP contribution in [0.5, 0.6) is 0 Å². The molecule has 1 heterocycles. The van der Waals surface area contributed by atoms with Crippen LogP contribution in [-0.4, -0.2) is 26.5 Å². The Morgan fingerprint density at radius 3 is 2.25 bits per heavy atom. The van der Waals surface area contributed by atoms with Gasteiger partial charge in [-0.2, -0.15) is 0 Å². The number of rotatable bonds is 10. The highest BCUT2D eigenvalue weighted by molar-refractivity contribution is 6.74. The molecule has 4 nitrogen and oxygen atoms in total. The van der Waals surface area contributed by atoms with Crippen molar-refractivity contribution in [3.63, 3.8) is 0 Å². The summed E-state index contributed by atoms with van der Waals surface area (Å²) >= 11 is 0. The van der Waals surface area contributed by atoms with Crippen molar-refractivity contribution >= 4 is 19.9 Å². The first kappa shape index (κ1) is 20.8. The number of hydrogen-bond donors (Lipinski definition) is 0. The fourth-order valence-corrected chi connectivity index (χ4v) is 3.17. The second-order valence-corrected chi connectivity index (χ2v) is 12.8. The summed E-state index contributed by atoms with van der Waals surface area (Å²) < 4.78 is 11.4. The van der Waals surface area contributed by atoms with Crippen LogP contribution in [0.4, 0.5) is 0 Å². The van der Waals surface area contributed by atoms with E-state index in [9.17, 15) is 9.59 Å². The Morgan fingerprint density at radius 2 is 1.71 bits per heavy atom. The third-order valence-electron chi connectivity index (χ3n) is 4.72. The molecule has 0 fully saturated rings. The molecule has 0 aliphatic rings. The molecule has 0 unspecified atom stereocenters. The van der Waals surface area contributed by atoms with Crippen LogP contribution in [0.2, 0.25) is 18.1 Å². The number of carbonyl (C=O) groups is 2. The SMILES string of the molecule is Cc1ccc(CC(=O)CCC(=O)CCCO[Si](C)(C)C(C)(C)C)o1. The summed E-state index contributed by atoms with van der Waals surface area (Å²) in [5.74, 6) is 1.66. The van der Waals surface area contributed by atoms with Crippen LogP contribution < -0.4 is 0 Å². The average Bonchev–Trinajstić information content (AvgIpc) is 2.85. The van der Waals surface area contributed by atoms with Gasteiger partial charge >= 0.3 is 0 Å². The zero-order valence-electron chi connectivity index (χ0n) is 16.0. The van der Waals surface area contributed by atoms with Crippen LogP contribution in [0.1, 0.15) is 58.0 Å². The van der Waals surface area contributed by atoms with Crippen molar-refractivity contribution in [2.45, 2.75) is 77.9 Å². The number of hydrogen-bond acceptors (Lipinski definition) is 4. The number of carbonyl (C=O) groups excluding carboxylic acids is 2. The maximum absolute atomic E-state index is 11.9. The molecule has 0 amide bonds. The topological polar surface area (TPSA) is 56.5 Å². The van der Waals surface area contributed by atoms with E-state index in [0.717, 1.165) is 12.2 Å². The predicted octanol–water partition coefficient (Wildman–Crippen LogP) is 4.85. The lowest BCUT2D eigenvalue weighted by molar-refractivity contribution is -0.124. The Morgan fingerprint density at radius 1 is 1.08 bits per heavy atom. The molecule has 136 valence electrons. The third kappa shape index (κ3) is 7.14. The van der Waals surface area contributed by atoms with Crippen molar-refractivity contribution in [3.8, 4) is 0 Å². The minimum absolute atomic E-state index is 0.0511. The largest absolute Gasteiger partial charge is 0.466 e. The lowest BCUT2D eigenvalue weighted by atomic mass is 10.1. The summed E-state index contributed by atoms with van der Waals surface area (Å²) in [4.78, 5) is 23.8. The maximum atomic E-state index is 11.9. The molecule has 0 atom stereocenters. The fourth-order valence-electron chi connectivity index (χ4n) is 2.08. The third-order valence-corrected chi connectivity index (χ3v) is 9.26. The molecular formula is C19H32O4Si. The van der Waals surface area contributed by atoms with Crippen LogP contribution in [-0.2, 0) is 20.4 Å². The first-order valence-electron chi connectivity index (χ1n) is 8.74. The van der Waals surface area contributed by atoms with Gasteiger partial charge in [0.1, 0.15) is 23.1 Å². The van der Waals surface area contributed by atoms with Crippen molar-refractivity contribution in [1.82, 2.24) is 0 Å². The van der Waals surface area contributed by atoms with Gasteiger partial charge in [0.25, 0.3) is 0 Å². The van der Waals surface area contributed by atoms with E-state index in [1.807, 2.05) is 19.1 Å². The summed E-state index contributed by atoms with van der Waals surface area (Å²) in [5.41, 5.74) is 0. The molecule has 0 saturated carbocycles. The van der Waals surface area contributed by atoms with Crippen LogP contribution in [0, 0.1) is 6.92 Å². The van der Waals surface area contributed by atoms with Gasteiger partial charge in [-0.15, -0.1) is 0 Å². The van der Waals surface area contributed by atoms with E-state index in [2.05, 4.69) is 33.9 Å². The van der Waals surface area contributed by atoms with Crippen LogP contribution in [0.15, 0.2) is 16.5 Å². The lowest BCUT2D eigenvalue weighted by Gasteiger charge is -2.36. The zero-order valence-corrected chi connectivity index (χ0v) is 17.0. The van der Waals surface area contributed by atoms with Crippen molar-refractivity contribution < 1.29 is 18.4 Å². The van der Waals surface area contributed by atoms with Gasteiger partial charge in [0.05, 0.1) is 6.42 Å². The highest BCUT2D eigenvalue weighted by atomic mass is 28.4. The average molecular weight is 353 g/mol. The molecule has 0 spiro atoms. The zero-order chi connectivity index (χ0) is 18.4. The van der Waals surface area contributed by atoms with Crippen LogP contribution in [0.25, 0.3) is 0 Å². The minimum atomic E-state index is -1.73. The number of aryl methyl sites for hydroxylation is 1. The summed E-state index contributed by atoms with van der Waals surface area (Å²) in [6.45, 7) is 13.5. The molecule has 0 saturated heterocycles. The smallest absolute Gasteiger partial charge is 0.191 e. The Balaban J connectivity index is 2.19. The molecule has 0 aliphatic carbocycles. The molecule has 5 heteroatoms. The summed E-state index contributed by atoms with van der Waals surface area (Å²) in [6, 6.07) is 3.66. The first-order valence-corrected chi connectivity index (χ1v) is 11.6. The van der Waals surface area contributed by atoms with E-state index < -0.39 is 8.32 Å². The molecule has 1 rings (SSSR count). The van der Waals surface area contributed by atoms with E-state index in [1.165, 1.54) is 0 Å². The Kier molecular flexibility index (Phi) is 7.61. The van der Waals surface area contributed by atoms with E-state index in [-0.39, 0.29) is 23.0 Å².